The highest BCUT2D eigenvalue weighted by Crippen LogP contribution is 2.16. The Morgan fingerprint density at radius 1 is 0.303 bits per heavy atom. The van der Waals surface area contributed by atoms with E-state index in [9.17, 15) is 14.4 Å². The molecule has 0 rings (SSSR count). The standard InChI is InChI=1S/C60H108O6/c1-4-7-10-13-16-19-22-25-27-29-30-32-33-35-38-41-44-47-50-53-59(62)65-56-57(55-64-58(61)52-49-46-43-40-37-24-21-18-15-12-9-6-3)66-60(63)54-51-48-45-42-39-36-34-31-28-26-23-20-17-14-11-8-5-2/h16,19,25-28,30,32,57H,4-15,17-18,20-24,29,31,33-56H2,1-3H3/b19-16-,27-25-,28-26-,32-30-/t57-/m1/s1. The molecule has 0 fully saturated rings. The SMILES string of the molecule is CCCCC/C=C\C/C=C\C/C=C\CCCCCCCCC(=O)OC[C@@H](COC(=O)CCCCCCCCCCCCCC)OC(=O)CCCCCCCCC/C=C\CCCCCCCC. The van der Waals surface area contributed by atoms with Crippen molar-refractivity contribution in [1.82, 2.24) is 0 Å². The van der Waals surface area contributed by atoms with Crippen LogP contribution in [0.4, 0.5) is 0 Å². The van der Waals surface area contributed by atoms with Gasteiger partial charge < -0.3 is 14.2 Å². The summed E-state index contributed by atoms with van der Waals surface area (Å²) in [6.07, 6.45) is 66.6. The zero-order chi connectivity index (χ0) is 47.9. The summed E-state index contributed by atoms with van der Waals surface area (Å²) >= 11 is 0. The Balaban J connectivity index is 4.36. The Morgan fingerprint density at radius 2 is 0.545 bits per heavy atom. The molecule has 0 N–H and O–H groups in total. The second-order valence-corrected chi connectivity index (χ2v) is 19.2. The Bertz CT molecular complexity index is 1150. The normalized spacial score (nSPS) is 12.3. The van der Waals surface area contributed by atoms with Crippen LogP contribution in [0, 0.1) is 0 Å². The molecule has 66 heavy (non-hydrogen) atoms. The van der Waals surface area contributed by atoms with Gasteiger partial charge in [-0.15, -0.1) is 0 Å². The molecule has 0 aromatic carbocycles. The molecule has 0 aliphatic carbocycles. The summed E-state index contributed by atoms with van der Waals surface area (Å²) < 4.78 is 16.9. The van der Waals surface area contributed by atoms with Gasteiger partial charge in [0.15, 0.2) is 6.10 Å². The number of hydrogen-bond acceptors (Lipinski definition) is 6. The molecule has 0 radical (unpaired) electrons. The lowest BCUT2D eigenvalue weighted by molar-refractivity contribution is -0.167. The molecule has 1 atom stereocenters. The molecule has 0 unspecified atom stereocenters. The number of allylic oxidation sites excluding steroid dienone is 8. The molecule has 6 heteroatoms. The Kier molecular flexibility index (Phi) is 52.8. The number of carbonyl (C=O) groups is 3. The fraction of sp³-hybridized carbons (Fsp3) is 0.817. The van der Waals surface area contributed by atoms with E-state index in [-0.39, 0.29) is 31.1 Å². The van der Waals surface area contributed by atoms with Gasteiger partial charge in [-0.2, -0.15) is 0 Å². The van der Waals surface area contributed by atoms with E-state index >= 15 is 0 Å². The molecule has 0 bridgehead atoms. The van der Waals surface area contributed by atoms with Gasteiger partial charge >= 0.3 is 17.9 Å². The predicted molar refractivity (Wildman–Crippen MR) is 284 cm³/mol. The maximum atomic E-state index is 12.8. The number of unbranched alkanes of at least 4 members (excludes halogenated alkanes) is 33. The van der Waals surface area contributed by atoms with Gasteiger partial charge in [0.05, 0.1) is 0 Å². The average molecular weight is 926 g/mol. The first-order valence-electron chi connectivity index (χ1n) is 28.6. The highest BCUT2D eigenvalue weighted by molar-refractivity contribution is 5.71. The van der Waals surface area contributed by atoms with Crippen LogP contribution in [-0.2, 0) is 28.6 Å². The maximum Gasteiger partial charge on any atom is 0.306 e. The van der Waals surface area contributed by atoms with Crippen molar-refractivity contribution in [2.45, 2.75) is 303 Å². The summed E-state index contributed by atoms with van der Waals surface area (Å²) in [5.41, 5.74) is 0. The summed E-state index contributed by atoms with van der Waals surface area (Å²) in [7, 11) is 0. The molecule has 0 saturated heterocycles. The van der Waals surface area contributed by atoms with Crippen molar-refractivity contribution in [2.75, 3.05) is 13.2 Å². The molecule has 0 heterocycles. The first-order chi connectivity index (χ1) is 32.5. The fourth-order valence-corrected chi connectivity index (χ4v) is 8.21. The van der Waals surface area contributed by atoms with Crippen LogP contribution in [0.2, 0.25) is 0 Å². The molecule has 0 saturated carbocycles. The van der Waals surface area contributed by atoms with Gasteiger partial charge in [0, 0.05) is 19.3 Å². The lowest BCUT2D eigenvalue weighted by atomic mass is 10.0. The first-order valence-corrected chi connectivity index (χ1v) is 28.6. The van der Waals surface area contributed by atoms with Gasteiger partial charge in [-0.3, -0.25) is 14.4 Å². The summed E-state index contributed by atoms with van der Waals surface area (Å²) in [5, 5.41) is 0. The Morgan fingerprint density at radius 3 is 0.894 bits per heavy atom. The maximum absolute atomic E-state index is 12.8. The number of esters is 3. The quantitative estimate of drug-likeness (QED) is 0.0262. The molecular weight excluding hydrogens is 817 g/mol. The lowest BCUT2D eigenvalue weighted by Gasteiger charge is -2.18. The van der Waals surface area contributed by atoms with E-state index in [0.29, 0.717) is 19.3 Å². The zero-order valence-electron chi connectivity index (χ0n) is 44.0. The van der Waals surface area contributed by atoms with Crippen molar-refractivity contribution in [3.05, 3.63) is 48.6 Å². The fourth-order valence-electron chi connectivity index (χ4n) is 8.21. The van der Waals surface area contributed by atoms with E-state index in [4.69, 9.17) is 14.2 Å². The Hall–Kier alpha value is -2.63. The van der Waals surface area contributed by atoms with Crippen molar-refractivity contribution in [1.29, 1.82) is 0 Å². The van der Waals surface area contributed by atoms with Crippen molar-refractivity contribution in [3.8, 4) is 0 Å². The molecule has 0 aliphatic heterocycles. The molecule has 0 aromatic heterocycles. The molecule has 384 valence electrons. The number of ether oxygens (including phenoxy) is 3. The van der Waals surface area contributed by atoms with Crippen LogP contribution in [0.25, 0.3) is 0 Å². The Labute approximate surface area is 409 Å². The van der Waals surface area contributed by atoms with Crippen LogP contribution >= 0.6 is 0 Å². The summed E-state index contributed by atoms with van der Waals surface area (Å²) in [6.45, 7) is 6.62. The largest absolute Gasteiger partial charge is 0.462 e. The highest BCUT2D eigenvalue weighted by Gasteiger charge is 2.19. The minimum atomic E-state index is -0.778. The molecule has 6 nitrogen and oxygen atoms in total. The van der Waals surface area contributed by atoms with Gasteiger partial charge in [0.1, 0.15) is 13.2 Å². The van der Waals surface area contributed by atoms with E-state index in [2.05, 4.69) is 69.4 Å². The topological polar surface area (TPSA) is 78.9 Å². The molecule has 0 amide bonds. The van der Waals surface area contributed by atoms with Crippen LogP contribution in [0.3, 0.4) is 0 Å². The summed E-state index contributed by atoms with van der Waals surface area (Å²) in [4.78, 5) is 38.1. The number of rotatable bonds is 52. The second kappa shape index (κ2) is 55.0. The minimum Gasteiger partial charge on any atom is -0.462 e. The van der Waals surface area contributed by atoms with Crippen LogP contribution in [-0.4, -0.2) is 37.2 Å². The van der Waals surface area contributed by atoms with Crippen molar-refractivity contribution < 1.29 is 28.6 Å². The molecule has 0 aromatic rings. The van der Waals surface area contributed by atoms with Crippen LogP contribution < -0.4 is 0 Å². The number of carbonyl (C=O) groups excluding carboxylic acids is 3. The van der Waals surface area contributed by atoms with E-state index in [1.165, 1.54) is 180 Å². The molecular formula is C60H108O6. The zero-order valence-corrected chi connectivity index (χ0v) is 44.0. The molecule has 0 spiro atoms. The average Bonchev–Trinajstić information content (AvgIpc) is 3.31. The molecule has 0 aliphatic rings. The van der Waals surface area contributed by atoms with Gasteiger partial charge in [-0.05, 0) is 83.5 Å². The van der Waals surface area contributed by atoms with Gasteiger partial charge in [-0.1, -0.05) is 243 Å². The van der Waals surface area contributed by atoms with Crippen molar-refractivity contribution >= 4 is 17.9 Å². The minimum absolute atomic E-state index is 0.0763. The summed E-state index contributed by atoms with van der Waals surface area (Å²) in [5.74, 6) is -0.881. The van der Waals surface area contributed by atoms with Gasteiger partial charge in [-0.25, -0.2) is 0 Å². The van der Waals surface area contributed by atoms with E-state index in [1.807, 2.05) is 0 Å². The van der Waals surface area contributed by atoms with Gasteiger partial charge in [0.25, 0.3) is 0 Å². The van der Waals surface area contributed by atoms with Crippen molar-refractivity contribution in [3.63, 3.8) is 0 Å². The third-order valence-electron chi connectivity index (χ3n) is 12.6. The van der Waals surface area contributed by atoms with Gasteiger partial charge in [0.2, 0.25) is 0 Å². The number of hydrogen-bond donors (Lipinski definition) is 0. The smallest absolute Gasteiger partial charge is 0.306 e. The van der Waals surface area contributed by atoms with Crippen LogP contribution in [0.1, 0.15) is 297 Å². The second-order valence-electron chi connectivity index (χ2n) is 19.2. The van der Waals surface area contributed by atoms with E-state index < -0.39 is 6.10 Å². The first kappa shape index (κ1) is 63.4. The van der Waals surface area contributed by atoms with Crippen LogP contribution in [0.5, 0.6) is 0 Å². The van der Waals surface area contributed by atoms with E-state index in [1.54, 1.807) is 0 Å². The summed E-state index contributed by atoms with van der Waals surface area (Å²) in [6, 6.07) is 0. The third-order valence-corrected chi connectivity index (χ3v) is 12.6. The van der Waals surface area contributed by atoms with E-state index in [0.717, 1.165) is 77.0 Å². The third kappa shape index (κ3) is 52.3. The van der Waals surface area contributed by atoms with Crippen molar-refractivity contribution in [2.24, 2.45) is 0 Å². The lowest BCUT2D eigenvalue weighted by Crippen LogP contribution is -2.30. The van der Waals surface area contributed by atoms with Crippen LogP contribution in [0.15, 0.2) is 48.6 Å². The monoisotopic (exact) mass is 925 g/mol. The predicted octanol–water partition coefficient (Wildman–Crippen LogP) is 19.0. The highest BCUT2D eigenvalue weighted by atomic mass is 16.6.